The Morgan fingerprint density at radius 3 is 2.38 bits per heavy atom. The minimum absolute atomic E-state index is 0.402. The quantitative estimate of drug-likeness (QED) is 0.721. The van der Waals surface area contributed by atoms with Gasteiger partial charge in [-0.3, -0.25) is 4.98 Å². The maximum atomic E-state index is 5.49. The molecule has 0 aromatic carbocycles. The van der Waals surface area contributed by atoms with E-state index in [0.717, 1.165) is 10.2 Å². The topological polar surface area (TPSA) is 40.6 Å². The van der Waals surface area contributed by atoms with Gasteiger partial charge in [-0.25, -0.2) is 0 Å². The van der Waals surface area contributed by atoms with Gasteiger partial charge in [0, 0.05) is 10.7 Å². The van der Waals surface area contributed by atoms with Crippen LogP contribution in [0.25, 0.3) is 0 Å². The van der Waals surface area contributed by atoms with Gasteiger partial charge < -0.3 is 13.6 Å². The van der Waals surface area contributed by atoms with Gasteiger partial charge >= 0.3 is 8.60 Å². The molecule has 0 aliphatic heterocycles. The molecule has 0 unspecified atom stereocenters. The standard InChI is InChI=1S/C10H15BrNO3P/c1-3-13-16(14-4-2)15-8-10-6-5-9(11)7-12-10/h5-7H,3-4,8H2,1-2H3. The molecule has 0 N–H and O–H groups in total. The van der Waals surface area contributed by atoms with Crippen LogP contribution in [-0.2, 0) is 20.2 Å². The number of rotatable bonds is 7. The number of aromatic nitrogens is 1. The molecule has 16 heavy (non-hydrogen) atoms. The van der Waals surface area contributed by atoms with Gasteiger partial charge in [0.15, 0.2) is 0 Å². The van der Waals surface area contributed by atoms with Crippen LogP contribution in [-0.4, -0.2) is 18.2 Å². The average molecular weight is 308 g/mol. The molecule has 0 aliphatic rings. The van der Waals surface area contributed by atoms with E-state index in [1.807, 2.05) is 26.0 Å². The molecule has 0 saturated carbocycles. The lowest BCUT2D eigenvalue weighted by atomic mass is 10.4. The third-order valence-corrected chi connectivity index (χ3v) is 3.32. The molecule has 1 rings (SSSR count). The normalized spacial score (nSPS) is 11.0. The van der Waals surface area contributed by atoms with E-state index >= 15 is 0 Å². The Labute approximate surface area is 105 Å². The van der Waals surface area contributed by atoms with Crippen LogP contribution >= 0.6 is 24.5 Å². The Bertz CT molecular complexity index is 291. The average Bonchev–Trinajstić information content (AvgIpc) is 2.29. The summed E-state index contributed by atoms with van der Waals surface area (Å²) < 4.78 is 17.1. The van der Waals surface area contributed by atoms with Crippen LogP contribution in [0.4, 0.5) is 0 Å². The monoisotopic (exact) mass is 307 g/mol. The zero-order chi connectivity index (χ0) is 11.8. The molecule has 1 aromatic rings. The molecule has 0 aliphatic carbocycles. The molecule has 0 radical (unpaired) electrons. The Balaban J connectivity index is 2.38. The highest BCUT2D eigenvalue weighted by Gasteiger charge is 2.10. The second kappa shape index (κ2) is 8.09. The van der Waals surface area contributed by atoms with Crippen molar-refractivity contribution in [1.82, 2.24) is 4.98 Å². The highest BCUT2D eigenvalue weighted by Crippen LogP contribution is 2.39. The Kier molecular flexibility index (Phi) is 7.08. The molecule has 4 nitrogen and oxygen atoms in total. The molecule has 0 atom stereocenters. The van der Waals surface area contributed by atoms with Crippen molar-refractivity contribution >= 4 is 24.5 Å². The third-order valence-electron chi connectivity index (χ3n) is 1.58. The Morgan fingerprint density at radius 1 is 1.19 bits per heavy atom. The molecular weight excluding hydrogens is 293 g/mol. The summed E-state index contributed by atoms with van der Waals surface area (Å²) in [7, 11) is -1.24. The first-order valence-electron chi connectivity index (χ1n) is 5.05. The fourth-order valence-electron chi connectivity index (χ4n) is 0.933. The van der Waals surface area contributed by atoms with Crippen molar-refractivity contribution < 1.29 is 13.6 Å². The molecule has 1 heterocycles. The first kappa shape index (κ1) is 14.0. The van der Waals surface area contributed by atoms with Crippen molar-refractivity contribution in [3.63, 3.8) is 0 Å². The van der Waals surface area contributed by atoms with Crippen molar-refractivity contribution in [1.29, 1.82) is 0 Å². The van der Waals surface area contributed by atoms with E-state index in [4.69, 9.17) is 13.6 Å². The fraction of sp³-hybridized carbons (Fsp3) is 0.500. The fourth-order valence-corrected chi connectivity index (χ4v) is 2.05. The largest absolute Gasteiger partial charge is 0.333 e. The summed E-state index contributed by atoms with van der Waals surface area (Å²) in [6.07, 6.45) is 1.74. The summed E-state index contributed by atoms with van der Waals surface area (Å²) in [5.41, 5.74) is 0.857. The van der Waals surface area contributed by atoms with Crippen LogP contribution in [0.5, 0.6) is 0 Å². The second-order valence-corrected chi connectivity index (χ2v) is 4.94. The molecule has 90 valence electrons. The van der Waals surface area contributed by atoms with Crippen LogP contribution in [0.1, 0.15) is 19.5 Å². The van der Waals surface area contributed by atoms with Gasteiger partial charge in [-0.05, 0) is 41.9 Å². The van der Waals surface area contributed by atoms with E-state index in [2.05, 4.69) is 20.9 Å². The molecule has 1 aromatic heterocycles. The zero-order valence-electron chi connectivity index (χ0n) is 9.35. The van der Waals surface area contributed by atoms with E-state index in [1.165, 1.54) is 0 Å². The van der Waals surface area contributed by atoms with Crippen molar-refractivity contribution in [2.75, 3.05) is 13.2 Å². The molecular formula is C10H15BrNO3P. The molecule has 0 bridgehead atoms. The second-order valence-electron chi connectivity index (χ2n) is 2.80. The lowest BCUT2D eigenvalue weighted by molar-refractivity contribution is 0.163. The number of halogens is 1. The van der Waals surface area contributed by atoms with E-state index < -0.39 is 8.60 Å². The summed E-state index contributed by atoms with van der Waals surface area (Å²) in [5.74, 6) is 0. The summed E-state index contributed by atoms with van der Waals surface area (Å²) in [5, 5.41) is 0. The summed E-state index contributed by atoms with van der Waals surface area (Å²) in [6, 6.07) is 3.82. The number of hydrogen-bond acceptors (Lipinski definition) is 4. The third kappa shape index (κ3) is 5.32. The lowest BCUT2D eigenvalue weighted by Gasteiger charge is -2.14. The minimum Gasteiger partial charge on any atom is -0.313 e. The van der Waals surface area contributed by atoms with Gasteiger partial charge in [0.05, 0.1) is 25.5 Å². The SMILES string of the molecule is CCOP(OCC)OCc1ccc(Br)cn1. The van der Waals surface area contributed by atoms with Crippen LogP contribution < -0.4 is 0 Å². The molecule has 0 spiro atoms. The Hall–Kier alpha value is -0.0600. The van der Waals surface area contributed by atoms with E-state index in [9.17, 15) is 0 Å². The summed E-state index contributed by atoms with van der Waals surface area (Å²) in [4.78, 5) is 4.20. The predicted octanol–water partition coefficient (Wildman–Crippen LogP) is 3.66. The smallest absolute Gasteiger partial charge is 0.313 e. The van der Waals surface area contributed by atoms with Gasteiger partial charge in [0.25, 0.3) is 0 Å². The molecule has 6 heteroatoms. The van der Waals surface area contributed by atoms with Gasteiger partial charge in [0.2, 0.25) is 0 Å². The highest BCUT2D eigenvalue weighted by atomic mass is 79.9. The minimum atomic E-state index is -1.24. The maximum absolute atomic E-state index is 5.49. The van der Waals surface area contributed by atoms with Crippen LogP contribution in [0.2, 0.25) is 0 Å². The van der Waals surface area contributed by atoms with Crippen molar-refractivity contribution in [3.05, 3.63) is 28.5 Å². The number of pyridine rings is 1. The maximum Gasteiger partial charge on any atom is 0.333 e. The first-order chi connectivity index (χ1) is 7.76. The molecule has 0 saturated heterocycles. The summed E-state index contributed by atoms with van der Waals surface area (Å²) in [6.45, 7) is 5.39. The van der Waals surface area contributed by atoms with Crippen molar-refractivity contribution in [2.24, 2.45) is 0 Å². The van der Waals surface area contributed by atoms with Crippen molar-refractivity contribution in [3.8, 4) is 0 Å². The summed E-state index contributed by atoms with van der Waals surface area (Å²) >= 11 is 3.33. The van der Waals surface area contributed by atoms with Gasteiger partial charge in [-0.1, -0.05) is 0 Å². The molecule has 0 amide bonds. The number of nitrogens with zero attached hydrogens (tertiary/aromatic N) is 1. The van der Waals surface area contributed by atoms with Crippen molar-refractivity contribution in [2.45, 2.75) is 20.5 Å². The van der Waals surface area contributed by atoms with E-state index in [-0.39, 0.29) is 0 Å². The zero-order valence-corrected chi connectivity index (χ0v) is 11.8. The van der Waals surface area contributed by atoms with Gasteiger partial charge in [-0.15, -0.1) is 0 Å². The van der Waals surface area contributed by atoms with Gasteiger partial charge in [-0.2, -0.15) is 0 Å². The predicted molar refractivity (Wildman–Crippen MR) is 66.9 cm³/mol. The van der Waals surface area contributed by atoms with Crippen LogP contribution in [0.15, 0.2) is 22.8 Å². The molecule has 0 fully saturated rings. The van der Waals surface area contributed by atoms with E-state index in [1.54, 1.807) is 6.20 Å². The van der Waals surface area contributed by atoms with Crippen LogP contribution in [0.3, 0.4) is 0 Å². The Morgan fingerprint density at radius 2 is 1.88 bits per heavy atom. The highest BCUT2D eigenvalue weighted by molar-refractivity contribution is 9.10. The van der Waals surface area contributed by atoms with E-state index in [0.29, 0.717) is 19.8 Å². The van der Waals surface area contributed by atoms with Gasteiger partial charge in [0.1, 0.15) is 0 Å². The lowest BCUT2D eigenvalue weighted by Crippen LogP contribution is -1.97. The first-order valence-corrected chi connectivity index (χ1v) is 6.94. The number of hydrogen-bond donors (Lipinski definition) is 0. The van der Waals surface area contributed by atoms with Crippen LogP contribution in [0, 0.1) is 0 Å².